The van der Waals surface area contributed by atoms with Gasteiger partial charge < -0.3 is 20.1 Å². The van der Waals surface area contributed by atoms with Crippen LogP contribution in [0.25, 0.3) is 0 Å². The Morgan fingerprint density at radius 2 is 2.04 bits per heavy atom. The summed E-state index contributed by atoms with van der Waals surface area (Å²) >= 11 is 3.43. The minimum atomic E-state index is -0.163. The fraction of sp³-hybridized carbons (Fsp3) is 0.381. The van der Waals surface area contributed by atoms with E-state index in [-0.39, 0.29) is 23.9 Å². The van der Waals surface area contributed by atoms with E-state index in [4.69, 9.17) is 4.74 Å². The number of nitrogens with one attached hydrogen (secondary N) is 1. The normalized spacial score (nSPS) is 17.5. The van der Waals surface area contributed by atoms with Crippen molar-refractivity contribution < 1.29 is 14.6 Å². The van der Waals surface area contributed by atoms with Gasteiger partial charge in [-0.3, -0.25) is 0 Å². The van der Waals surface area contributed by atoms with E-state index >= 15 is 0 Å². The van der Waals surface area contributed by atoms with Crippen LogP contribution in [0.1, 0.15) is 36.9 Å². The Labute approximate surface area is 168 Å². The molecule has 0 aromatic heterocycles. The molecule has 3 rings (SSSR count). The minimum Gasteiger partial charge on any atom is -0.508 e. The number of ether oxygens (including phenoxy) is 1. The predicted molar refractivity (Wildman–Crippen MR) is 109 cm³/mol. The second kappa shape index (κ2) is 9.24. The first-order chi connectivity index (χ1) is 13.0. The molecule has 1 saturated heterocycles. The molecule has 2 N–H and O–H groups in total. The molecule has 1 aliphatic rings. The quantitative estimate of drug-likeness (QED) is 0.700. The summed E-state index contributed by atoms with van der Waals surface area (Å²) in [5.74, 6) is 0.198. The molecule has 27 heavy (non-hydrogen) atoms. The van der Waals surface area contributed by atoms with Crippen molar-refractivity contribution in [1.82, 2.24) is 10.2 Å². The Morgan fingerprint density at radius 1 is 1.30 bits per heavy atom. The van der Waals surface area contributed by atoms with Gasteiger partial charge in [-0.1, -0.05) is 46.3 Å². The highest BCUT2D eigenvalue weighted by atomic mass is 79.9. The molecule has 1 heterocycles. The van der Waals surface area contributed by atoms with Crippen molar-refractivity contribution in [2.24, 2.45) is 0 Å². The van der Waals surface area contributed by atoms with E-state index in [1.54, 1.807) is 17.0 Å². The zero-order chi connectivity index (χ0) is 19.2. The molecule has 2 aromatic carbocycles. The molecular formula is C21H25BrN2O3. The maximum Gasteiger partial charge on any atom is 0.318 e. The number of hydrogen-bond donors (Lipinski definition) is 2. The molecule has 144 valence electrons. The van der Waals surface area contributed by atoms with Gasteiger partial charge in [-0.25, -0.2) is 4.79 Å². The van der Waals surface area contributed by atoms with Gasteiger partial charge in [0.15, 0.2) is 0 Å². The number of rotatable bonds is 6. The summed E-state index contributed by atoms with van der Waals surface area (Å²) in [4.78, 5) is 14.7. The van der Waals surface area contributed by atoms with E-state index < -0.39 is 0 Å². The minimum absolute atomic E-state index is 0.0459. The van der Waals surface area contributed by atoms with Gasteiger partial charge in [-0.2, -0.15) is 0 Å². The van der Waals surface area contributed by atoms with Crippen molar-refractivity contribution >= 4 is 22.0 Å². The van der Waals surface area contributed by atoms with Gasteiger partial charge in [0.05, 0.1) is 18.7 Å². The number of phenolic OH excluding ortho intramolecular Hbond substituents is 1. The number of benzene rings is 2. The topological polar surface area (TPSA) is 61.8 Å². The Balaban J connectivity index is 1.71. The Bertz CT molecular complexity index is 760. The number of para-hydroxylation sites is 1. The molecule has 0 bridgehead atoms. The van der Waals surface area contributed by atoms with E-state index in [1.807, 2.05) is 43.3 Å². The smallest absolute Gasteiger partial charge is 0.318 e. The molecule has 0 aliphatic carbocycles. The number of amides is 2. The molecule has 6 heteroatoms. The van der Waals surface area contributed by atoms with E-state index in [1.165, 1.54) is 0 Å². The lowest BCUT2D eigenvalue weighted by Gasteiger charge is -2.28. The van der Waals surface area contributed by atoms with Crippen molar-refractivity contribution in [1.29, 1.82) is 0 Å². The first-order valence-electron chi connectivity index (χ1n) is 9.22. The first kappa shape index (κ1) is 19.7. The van der Waals surface area contributed by atoms with Crippen LogP contribution < -0.4 is 5.32 Å². The average Bonchev–Trinajstić information content (AvgIpc) is 3.16. The van der Waals surface area contributed by atoms with Crippen molar-refractivity contribution in [2.45, 2.75) is 38.5 Å². The molecule has 0 radical (unpaired) electrons. The third-order valence-corrected chi connectivity index (χ3v) is 5.33. The molecule has 2 aromatic rings. The number of carbonyl (C=O) groups excluding carboxylic acids is 1. The van der Waals surface area contributed by atoms with Crippen LogP contribution in [0.15, 0.2) is 53.0 Å². The summed E-state index contributed by atoms with van der Waals surface area (Å²) in [6, 6.07) is 14.7. The molecule has 0 saturated carbocycles. The zero-order valence-electron chi connectivity index (χ0n) is 15.4. The van der Waals surface area contributed by atoms with E-state index in [0.29, 0.717) is 13.1 Å². The van der Waals surface area contributed by atoms with Crippen LogP contribution >= 0.6 is 15.9 Å². The number of halogens is 1. The van der Waals surface area contributed by atoms with Crippen molar-refractivity contribution in [3.8, 4) is 5.75 Å². The third-order valence-electron chi connectivity index (χ3n) is 4.80. The second-order valence-electron chi connectivity index (χ2n) is 6.87. The van der Waals surface area contributed by atoms with E-state index in [9.17, 15) is 9.90 Å². The Morgan fingerprint density at radius 3 is 2.70 bits per heavy atom. The lowest BCUT2D eigenvalue weighted by molar-refractivity contribution is 0.0788. The number of aromatic hydroxyl groups is 1. The van der Waals surface area contributed by atoms with Crippen LogP contribution in [0.4, 0.5) is 4.79 Å². The van der Waals surface area contributed by atoms with Crippen LogP contribution in [-0.4, -0.2) is 35.3 Å². The average molecular weight is 433 g/mol. The van der Waals surface area contributed by atoms with Gasteiger partial charge in [-0.15, -0.1) is 0 Å². The SMILES string of the molecule is CC(NC(=O)N(Cc1ccccc1O)CC1CCCO1)c1ccc(Br)cc1. The fourth-order valence-electron chi connectivity index (χ4n) is 3.21. The van der Waals surface area contributed by atoms with Crippen LogP contribution in [-0.2, 0) is 11.3 Å². The van der Waals surface area contributed by atoms with Gasteiger partial charge in [-0.05, 0) is 43.5 Å². The third kappa shape index (κ3) is 5.47. The number of urea groups is 1. The molecule has 2 atom stereocenters. The van der Waals surface area contributed by atoms with Gasteiger partial charge in [0.2, 0.25) is 0 Å². The molecule has 5 nitrogen and oxygen atoms in total. The van der Waals surface area contributed by atoms with Gasteiger partial charge in [0, 0.05) is 23.2 Å². The van der Waals surface area contributed by atoms with Gasteiger partial charge >= 0.3 is 6.03 Å². The molecule has 0 spiro atoms. The number of phenols is 1. The second-order valence-corrected chi connectivity index (χ2v) is 7.78. The molecule has 1 fully saturated rings. The van der Waals surface area contributed by atoms with Gasteiger partial charge in [0.25, 0.3) is 0 Å². The zero-order valence-corrected chi connectivity index (χ0v) is 17.0. The van der Waals surface area contributed by atoms with Crippen molar-refractivity contribution in [3.05, 3.63) is 64.1 Å². The largest absolute Gasteiger partial charge is 0.508 e. The maximum absolute atomic E-state index is 13.0. The van der Waals surface area contributed by atoms with Gasteiger partial charge in [0.1, 0.15) is 5.75 Å². The molecule has 2 unspecified atom stereocenters. The molecule has 2 amide bonds. The molecule has 1 aliphatic heterocycles. The van der Waals surface area contributed by atoms with Crippen LogP contribution in [0, 0.1) is 0 Å². The predicted octanol–water partition coefficient (Wildman–Crippen LogP) is 4.61. The summed E-state index contributed by atoms with van der Waals surface area (Å²) < 4.78 is 6.72. The van der Waals surface area contributed by atoms with Crippen LogP contribution in [0.2, 0.25) is 0 Å². The standard InChI is InChI=1S/C21H25BrN2O3/c1-15(16-8-10-18(22)11-9-16)23-21(26)24(14-19-6-4-12-27-19)13-17-5-2-3-7-20(17)25/h2-3,5,7-11,15,19,25H,4,6,12-14H2,1H3,(H,23,26). The highest BCUT2D eigenvalue weighted by Gasteiger charge is 2.24. The van der Waals surface area contributed by atoms with Crippen LogP contribution in [0.3, 0.4) is 0 Å². The maximum atomic E-state index is 13.0. The van der Waals surface area contributed by atoms with Crippen LogP contribution in [0.5, 0.6) is 5.75 Å². The highest BCUT2D eigenvalue weighted by molar-refractivity contribution is 9.10. The summed E-state index contributed by atoms with van der Waals surface area (Å²) in [5, 5.41) is 13.2. The number of hydrogen-bond acceptors (Lipinski definition) is 3. The fourth-order valence-corrected chi connectivity index (χ4v) is 3.48. The number of nitrogens with zero attached hydrogens (tertiary/aromatic N) is 1. The number of carbonyl (C=O) groups is 1. The van der Waals surface area contributed by atoms with E-state index in [2.05, 4.69) is 21.2 Å². The Kier molecular flexibility index (Phi) is 6.74. The monoisotopic (exact) mass is 432 g/mol. The van der Waals surface area contributed by atoms with Crippen molar-refractivity contribution in [2.75, 3.05) is 13.2 Å². The highest BCUT2D eigenvalue weighted by Crippen LogP contribution is 2.21. The Hall–Kier alpha value is -2.05. The first-order valence-corrected chi connectivity index (χ1v) is 10.0. The summed E-state index contributed by atoms with van der Waals surface area (Å²) in [6.07, 6.45) is 2.02. The summed E-state index contributed by atoms with van der Waals surface area (Å²) in [7, 11) is 0. The van der Waals surface area contributed by atoms with Crippen molar-refractivity contribution in [3.63, 3.8) is 0 Å². The summed E-state index contributed by atoms with van der Waals surface area (Å²) in [6.45, 7) is 3.55. The van der Waals surface area contributed by atoms with E-state index in [0.717, 1.165) is 35.0 Å². The lowest BCUT2D eigenvalue weighted by atomic mass is 10.1. The molecular weight excluding hydrogens is 408 g/mol. The lowest BCUT2D eigenvalue weighted by Crippen LogP contribution is -2.44. The summed E-state index contributed by atoms with van der Waals surface area (Å²) in [5.41, 5.74) is 1.76.